The van der Waals surface area contributed by atoms with E-state index in [4.69, 9.17) is 10.00 Å². The van der Waals surface area contributed by atoms with Crippen LogP contribution < -0.4 is 4.74 Å². The van der Waals surface area contributed by atoms with E-state index in [9.17, 15) is 0 Å². The molecule has 1 atom stereocenters. The van der Waals surface area contributed by atoms with Crippen molar-refractivity contribution in [2.24, 2.45) is 5.92 Å². The minimum absolute atomic E-state index is 0.0267. The van der Waals surface area contributed by atoms with E-state index in [0.717, 1.165) is 0 Å². The Morgan fingerprint density at radius 1 is 1.43 bits per heavy atom. The molecule has 14 heavy (non-hydrogen) atoms. The Morgan fingerprint density at radius 2 is 2.14 bits per heavy atom. The number of ether oxygens (including phenoxy) is 1. The van der Waals surface area contributed by atoms with Gasteiger partial charge in [-0.15, -0.1) is 5.10 Å². The summed E-state index contributed by atoms with van der Waals surface area (Å²) in [6, 6.07) is 3.60. The van der Waals surface area contributed by atoms with Crippen LogP contribution in [0.2, 0.25) is 0 Å². The van der Waals surface area contributed by atoms with Crippen molar-refractivity contribution in [2.45, 2.75) is 26.9 Å². The highest BCUT2D eigenvalue weighted by atomic mass is 16.5. The second-order valence-corrected chi connectivity index (χ2v) is 3.43. The first-order chi connectivity index (χ1) is 6.65. The Balaban J connectivity index is 2.82. The number of nitriles is 1. The Bertz CT molecular complexity index is 343. The van der Waals surface area contributed by atoms with Crippen molar-refractivity contribution < 1.29 is 4.74 Å². The molecule has 0 aliphatic heterocycles. The predicted octanol–water partition coefficient (Wildman–Crippen LogP) is 1.77. The van der Waals surface area contributed by atoms with E-state index in [0.29, 0.717) is 17.4 Å². The molecule has 74 valence electrons. The van der Waals surface area contributed by atoms with Crippen LogP contribution in [0.25, 0.3) is 0 Å². The number of hydrogen-bond acceptors (Lipinski definition) is 4. The Hall–Kier alpha value is -1.63. The van der Waals surface area contributed by atoms with E-state index in [1.165, 1.54) is 6.20 Å². The number of aromatic nitrogens is 2. The van der Waals surface area contributed by atoms with E-state index < -0.39 is 0 Å². The van der Waals surface area contributed by atoms with Crippen LogP contribution in [-0.2, 0) is 0 Å². The summed E-state index contributed by atoms with van der Waals surface area (Å²) in [5.41, 5.74) is 0.424. The van der Waals surface area contributed by atoms with Gasteiger partial charge in [-0.3, -0.25) is 0 Å². The Kier molecular flexibility index (Phi) is 3.41. The molecule has 0 N–H and O–H groups in total. The molecule has 0 radical (unpaired) electrons. The molecule has 1 aromatic rings. The summed E-state index contributed by atoms with van der Waals surface area (Å²) < 4.78 is 5.50. The van der Waals surface area contributed by atoms with Gasteiger partial charge in [0.2, 0.25) is 0 Å². The van der Waals surface area contributed by atoms with Crippen molar-refractivity contribution in [1.82, 2.24) is 10.2 Å². The highest BCUT2D eigenvalue weighted by Crippen LogP contribution is 2.16. The number of rotatable bonds is 3. The van der Waals surface area contributed by atoms with E-state index in [1.54, 1.807) is 6.07 Å². The van der Waals surface area contributed by atoms with Crippen LogP contribution in [0, 0.1) is 17.2 Å². The SMILES string of the molecule is CC(C)C(C)Oc1nnccc1C#N. The third-order valence-corrected chi connectivity index (χ3v) is 2.04. The van der Waals surface area contributed by atoms with Crippen LogP contribution in [0.5, 0.6) is 5.88 Å². The fourth-order valence-corrected chi connectivity index (χ4v) is 0.803. The number of hydrogen-bond donors (Lipinski definition) is 0. The topological polar surface area (TPSA) is 58.8 Å². The van der Waals surface area contributed by atoms with Crippen LogP contribution >= 0.6 is 0 Å². The summed E-state index contributed by atoms with van der Waals surface area (Å²) in [5.74, 6) is 0.694. The first-order valence-electron chi connectivity index (χ1n) is 4.53. The summed E-state index contributed by atoms with van der Waals surface area (Å²) in [4.78, 5) is 0. The van der Waals surface area contributed by atoms with E-state index in [1.807, 2.05) is 26.8 Å². The van der Waals surface area contributed by atoms with Crippen LogP contribution in [0.3, 0.4) is 0 Å². The molecule has 1 aromatic heterocycles. The maximum Gasteiger partial charge on any atom is 0.251 e. The summed E-state index contributed by atoms with van der Waals surface area (Å²) in [6.07, 6.45) is 1.50. The summed E-state index contributed by atoms with van der Waals surface area (Å²) in [6.45, 7) is 6.04. The smallest absolute Gasteiger partial charge is 0.251 e. The molecule has 0 saturated carbocycles. The van der Waals surface area contributed by atoms with Gasteiger partial charge in [-0.25, -0.2) is 0 Å². The van der Waals surface area contributed by atoms with Crippen LogP contribution in [-0.4, -0.2) is 16.3 Å². The van der Waals surface area contributed by atoms with Crippen LogP contribution in [0.4, 0.5) is 0 Å². The molecule has 0 aliphatic rings. The maximum absolute atomic E-state index is 8.77. The standard InChI is InChI=1S/C10H13N3O/c1-7(2)8(3)14-10-9(6-11)4-5-12-13-10/h4-5,7-8H,1-3H3. The van der Waals surface area contributed by atoms with Crippen LogP contribution in [0.1, 0.15) is 26.3 Å². The summed E-state index contributed by atoms with van der Waals surface area (Å²) in [7, 11) is 0. The van der Waals surface area contributed by atoms with Crippen molar-refractivity contribution in [3.63, 3.8) is 0 Å². The zero-order valence-electron chi connectivity index (χ0n) is 8.56. The molecule has 1 unspecified atom stereocenters. The second kappa shape index (κ2) is 4.56. The fraction of sp³-hybridized carbons (Fsp3) is 0.500. The third kappa shape index (κ3) is 2.43. The van der Waals surface area contributed by atoms with E-state index in [2.05, 4.69) is 10.2 Å². The minimum Gasteiger partial charge on any atom is -0.472 e. The molecule has 0 aromatic carbocycles. The van der Waals surface area contributed by atoms with Gasteiger partial charge in [0.05, 0.1) is 6.20 Å². The Morgan fingerprint density at radius 3 is 2.71 bits per heavy atom. The van der Waals surface area contributed by atoms with Crippen molar-refractivity contribution in [1.29, 1.82) is 5.26 Å². The maximum atomic E-state index is 8.77. The summed E-state index contributed by atoms with van der Waals surface area (Å²) >= 11 is 0. The Labute approximate surface area is 83.5 Å². The molecular weight excluding hydrogens is 178 g/mol. The van der Waals surface area contributed by atoms with Gasteiger partial charge in [0.25, 0.3) is 5.88 Å². The molecule has 0 spiro atoms. The van der Waals surface area contributed by atoms with Crippen LogP contribution in [0.15, 0.2) is 12.3 Å². The average Bonchev–Trinajstić information content (AvgIpc) is 2.18. The molecular formula is C10H13N3O. The number of nitrogens with zero attached hydrogens (tertiary/aromatic N) is 3. The lowest BCUT2D eigenvalue weighted by atomic mass is 10.1. The lowest BCUT2D eigenvalue weighted by Gasteiger charge is -2.16. The molecule has 0 bridgehead atoms. The van der Waals surface area contributed by atoms with Gasteiger partial charge < -0.3 is 4.74 Å². The fourth-order valence-electron chi connectivity index (χ4n) is 0.803. The van der Waals surface area contributed by atoms with Crippen molar-refractivity contribution in [3.8, 4) is 11.9 Å². The van der Waals surface area contributed by atoms with Crippen molar-refractivity contribution in [3.05, 3.63) is 17.8 Å². The zero-order valence-corrected chi connectivity index (χ0v) is 8.56. The highest BCUT2D eigenvalue weighted by Gasteiger charge is 2.12. The van der Waals surface area contributed by atoms with Crippen molar-refractivity contribution >= 4 is 0 Å². The van der Waals surface area contributed by atoms with Gasteiger partial charge in [-0.2, -0.15) is 10.4 Å². The van der Waals surface area contributed by atoms with E-state index >= 15 is 0 Å². The molecule has 0 fully saturated rings. The quantitative estimate of drug-likeness (QED) is 0.730. The minimum atomic E-state index is 0.0267. The first kappa shape index (κ1) is 10.5. The van der Waals surface area contributed by atoms with Gasteiger partial charge in [0.1, 0.15) is 17.7 Å². The normalized spacial score (nSPS) is 12.2. The van der Waals surface area contributed by atoms with Gasteiger partial charge in [-0.1, -0.05) is 13.8 Å². The summed E-state index contributed by atoms with van der Waals surface area (Å²) in [5, 5.41) is 16.2. The molecule has 4 nitrogen and oxygen atoms in total. The lowest BCUT2D eigenvalue weighted by Crippen LogP contribution is -2.20. The monoisotopic (exact) mass is 191 g/mol. The average molecular weight is 191 g/mol. The first-order valence-corrected chi connectivity index (χ1v) is 4.53. The van der Waals surface area contributed by atoms with Crippen molar-refractivity contribution in [2.75, 3.05) is 0 Å². The zero-order chi connectivity index (χ0) is 10.6. The molecule has 4 heteroatoms. The van der Waals surface area contributed by atoms with Gasteiger partial charge in [0.15, 0.2) is 0 Å². The van der Waals surface area contributed by atoms with E-state index in [-0.39, 0.29) is 6.10 Å². The molecule has 1 rings (SSSR count). The third-order valence-electron chi connectivity index (χ3n) is 2.04. The molecule has 1 heterocycles. The molecule has 0 aliphatic carbocycles. The predicted molar refractivity (Wildman–Crippen MR) is 51.7 cm³/mol. The lowest BCUT2D eigenvalue weighted by molar-refractivity contribution is 0.161. The van der Waals surface area contributed by atoms with Gasteiger partial charge in [-0.05, 0) is 18.9 Å². The molecule has 0 amide bonds. The van der Waals surface area contributed by atoms with Gasteiger partial charge in [0, 0.05) is 0 Å². The second-order valence-electron chi connectivity index (χ2n) is 3.43. The van der Waals surface area contributed by atoms with Gasteiger partial charge >= 0.3 is 0 Å². The highest BCUT2D eigenvalue weighted by molar-refractivity contribution is 5.35. The largest absolute Gasteiger partial charge is 0.472 e. The molecule has 0 saturated heterocycles.